The molecule has 2 N–H and O–H groups in total. The second-order valence-corrected chi connectivity index (χ2v) is 6.87. The summed E-state index contributed by atoms with van der Waals surface area (Å²) in [5.74, 6) is -0.690. The van der Waals surface area contributed by atoms with Crippen LogP contribution in [0.4, 0.5) is 4.79 Å². The van der Waals surface area contributed by atoms with Gasteiger partial charge < -0.3 is 15.3 Å². The van der Waals surface area contributed by atoms with Crippen LogP contribution in [-0.2, 0) is 4.79 Å². The molecule has 6 heteroatoms. The summed E-state index contributed by atoms with van der Waals surface area (Å²) in [6.07, 6.45) is 2.04. The first kappa shape index (κ1) is 15.3. The average Bonchev–Trinajstić information content (AvgIpc) is 3.26. The second-order valence-electron chi connectivity index (χ2n) is 6.02. The highest BCUT2D eigenvalue weighted by molar-refractivity contribution is 9.10. The van der Waals surface area contributed by atoms with E-state index in [1.165, 1.54) is 5.56 Å². The van der Waals surface area contributed by atoms with Crippen LogP contribution in [0.2, 0.25) is 0 Å². The Morgan fingerprint density at radius 2 is 1.91 bits per heavy atom. The standard InChI is InChI=1S/C16H19BrN2O3/c17-13-4-2-1-3-11(13)12-9-14(12)18-16(22)19-7-5-10(6-8-19)15(20)21/h1-4,10,12,14H,5-9H2,(H,18,22)(H,20,21)/t12-,14+/m0/s1. The number of nitrogens with zero attached hydrogens (tertiary/aromatic N) is 1. The van der Waals surface area contributed by atoms with E-state index in [1.807, 2.05) is 18.2 Å². The van der Waals surface area contributed by atoms with Gasteiger partial charge in [-0.3, -0.25) is 4.79 Å². The molecule has 5 nitrogen and oxygen atoms in total. The minimum atomic E-state index is -0.753. The zero-order chi connectivity index (χ0) is 15.7. The quantitative estimate of drug-likeness (QED) is 0.863. The lowest BCUT2D eigenvalue weighted by Crippen LogP contribution is -2.46. The summed E-state index contributed by atoms with van der Waals surface area (Å²) in [6.45, 7) is 1.05. The third-order valence-electron chi connectivity index (χ3n) is 4.54. The minimum Gasteiger partial charge on any atom is -0.481 e. The molecule has 118 valence electrons. The molecule has 1 heterocycles. The van der Waals surface area contributed by atoms with Crippen LogP contribution in [0.15, 0.2) is 28.7 Å². The number of carbonyl (C=O) groups is 2. The predicted octanol–water partition coefficient (Wildman–Crippen LogP) is 2.81. The molecule has 2 atom stereocenters. The number of amides is 2. The summed E-state index contributed by atoms with van der Waals surface area (Å²) in [4.78, 5) is 24.9. The van der Waals surface area contributed by atoms with Gasteiger partial charge in [0.05, 0.1) is 5.92 Å². The highest BCUT2D eigenvalue weighted by Crippen LogP contribution is 2.43. The van der Waals surface area contributed by atoms with Crippen LogP contribution in [-0.4, -0.2) is 41.1 Å². The first-order valence-corrected chi connectivity index (χ1v) is 8.38. The Balaban J connectivity index is 1.50. The molecule has 22 heavy (non-hydrogen) atoms. The van der Waals surface area contributed by atoms with Crippen LogP contribution in [0.3, 0.4) is 0 Å². The molecule has 1 aromatic rings. The number of halogens is 1. The van der Waals surface area contributed by atoms with Gasteiger partial charge in [0.1, 0.15) is 0 Å². The maximum Gasteiger partial charge on any atom is 0.317 e. The number of urea groups is 1. The third kappa shape index (κ3) is 3.27. The first-order chi connectivity index (χ1) is 10.6. The van der Waals surface area contributed by atoms with Crippen molar-refractivity contribution in [3.8, 4) is 0 Å². The minimum absolute atomic E-state index is 0.0663. The molecule has 2 aliphatic rings. The predicted molar refractivity (Wildman–Crippen MR) is 85.8 cm³/mol. The number of carboxylic acids is 1. The summed E-state index contributed by atoms with van der Waals surface area (Å²) < 4.78 is 1.08. The van der Waals surface area contributed by atoms with Gasteiger partial charge in [-0.05, 0) is 30.9 Å². The number of benzene rings is 1. The monoisotopic (exact) mass is 366 g/mol. The fourth-order valence-corrected chi connectivity index (χ4v) is 3.63. The van der Waals surface area contributed by atoms with Crippen molar-refractivity contribution >= 4 is 27.9 Å². The number of piperidine rings is 1. The van der Waals surface area contributed by atoms with Crippen molar-refractivity contribution in [3.05, 3.63) is 34.3 Å². The van der Waals surface area contributed by atoms with Gasteiger partial charge in [-0.15, -0.1) is 0 Å². The van der Waals surface area contributed by atoms with Crippen molar-refractivity contribution in [1.82, 2.24) is 10.2 Å². The molecule has 0 bridgehead atoms. The Labute approximate surface area is 137 Å². The van der Waals surface area contributed by atoms with Gasteiger partial charge in [0, 0.05) is 29.5 Å². The van der Waals surface area contributed by atoms with E-state index in [-0.39, 0.29) is 18.0 Å². The van der Waals surface area contributed by atoms with E-state index in [9.17, 15) is 9.59 Å². The average molecular weight is 367 g/mol. The number of hydrogen-bond donors (Lipinski definition) is 2. The Bertz CT molecular complexity index is 585. The van der Waals surface area contributed by atoms with E-state index in [4.69, 9.17) is 5.11 Å². The normalized spacial score (nSPS) is 24.9. The summed E-state index contributed by atoms with van der Waals surface area (Å²) >= 11 is 3.55. The highest BCUT2D eigenvalue weighted by atomic mass is 79.9. The van der Waals surface area contributed by atoms with E-state index in [0.29, 0.717) is 31.8 Å². The van der Waals surface area contributed by atoms with Crippen LogP contribution < -0.4 is 5.32 Å². The largest absolute Gasteiger partial charge is 0.481 e. The molecule has 2 amide bonds. The van der Waals surface area contributed by atoms with E-state index in [1.54, 1.807) is 4.90 Å². The highest BCUT2D eigenvalue weighted by Gasteiger charge is 2.41. The van der Waals surface area contributed by atoms with Gasteiger partial charge in [0.2, 0.25) is 0 Å². The topological polar surface area (TPSA) is 69.6 Å². The number of nitrogens with one attached hydrogen (secondary N) is 1. The van der Waals surface area contributed by atoms with Crippen LogP contribution in [0.25, 0.3) is 0 Å². The molecule has 0 aromatic heterocycles. The molecule has 2 fully saturated rings. The molecule has 1 aromatic carbocycles. The van der Waals surface area contributed by atoms with Gasteiger partial charge in [-0.25, -0.2) is 4.79 Å². The van der Waals surface area contributed by atoms with E-state index < -0.39 is 5.97 Å². The van der Waals surface area contributed by atoms with Gasteiger partial charge in [-0.2, -0.15) is 0 Å². The maximum absolute atomic E-state index is 12.2. The van der Waals surface area contributed by atoms with E-state index >= 15 is 0 Å². The van der Waals surface area contributed by atoms with E-state index in [0.717, 1.165) is 10.9 Å². The van der Waals surface area contributed by atoms with E-state index in [2.05, 4.69) is 27.3 Å². The number of carboxylic acid groups (broad SMARTS) is 1. The zero-order valence-electron chi connectivity index (χ0n) is 12.2. The fraction of sp³-hybridized carbons (Fsp3) is 0.500. The molecular weight excluding hydrogens is 348 g/mol. The Kier molecular flexibility index (Phi) is 4.38. The first-order valence-electron chi connectivity index (χ1n) is 7.59. The Hall–Kier alpha value is -1.56. The third-order valence-corrected chi connectivity index (χ3v) is 5.26. The van der Waals surface area contributed by atoms with Crippen molar-refractivity contribution in [1.29, 1.82) is 0 Å². The molecule has 0 radical (unpaired) electrons. The SMILES string of the molecule is O=C(O)C1CCN(C(=O)N[C@@H]2C[C@H]2c2ccccc2Br)CC1. The molecule has 3 rings (SSSR count). The molecule has 1 saturated carbocycles. The number of aliphatic carboxylic acids is 1. The number of hydrogen-bond acceptors (Lipinski definition) is 2. The molecule has 1 aliphatic heterocycles. The fourth-order valence-electron chi connectivity index (χ4n) is 3.05. The molecule has 0 spiro atoms. The van der Waals surface area contributed by atoms with Gasteiger partial charge in [0.15, 0.2) is 0 Å². The second kappa shape index (κ2) is 6.28. The van der Waals surface area contributed by atoms with Crippen LogP contribution in [0.5, 0.6) is 0 Å². The molecule has 1 aliphatic carbocycles. The summed E-state index contributed by atoms with van der Waals surface area (Å²) in [5, 5.41) is 12.0. The van der Waals surface area contributed by atoms with Crippen LogP contribution >= 0.6 is 15.9 Å². The van der Waals surface area contributed by atoms with Crippen molar-refractivity contribution < 1.29 is 14.7 Å². The smallest absolute Gasteiger partial charge is 0.317 e. The molecular formula is C16H19BrN2O3. The molecule has 1 saturated heterocycles. The van der Waals surface area contributed by atoms with Crippen LogP contribution in [0, 0.1) is 5.92 Å². The number of carbonyl (C=O) groups excluding carboxylic acids is 1. The van der Waals surface area contributed by atoms with Gasteiger partial charge >= 0.3 is 12.0 Å². The van der Waals surface area contributed by atoms with Crippen molar-refractivity contribution in [2.75, 3.05) is 13.1 Å². The lowest BCUT2D eigenvalue weighted by Gasteiger charge is -2.30. The lowest BCUT2D eigenvalue weighted by atomic mass is 9.97. The maximum atomic E-state index is 12.2. The van der Waals surface area contributed by atoms with Crippen molar-refractivity contribution in [2.24, 2.45) is 5.92 Å². The van der Waals surface area contributed by atoms with Gasteiger partial charge in [-0.1, -0.05) is 34.1 Å². The summed E-state index contributed by atoms with van der Waals surface area (Å²) in [5.41, 5.74) is 1.23. The number of rotatable bonds is 3. The van der Waals surface area contributed by atoms with Gasteiger partial charge in [0.25, 0.3) is 0 Å². The van der Waals surface area contributed by atoms with Crippen LogP contribution in [0.1, 0.15) is 30.7 Å². The Morgan fingerprint density at radius 1 is 1.23 bits per heavy atom. The lowest BCUT2D eigenvalue weighted by molar-refractivity contribution is -0.143. The summed E-state index contributed by atoms with van der Waals surface area (Å²) in [7, 11) is 0. The molecule has 0 unspecified atom stereocenters. The van der Waals surface area contributed by atoms with Crippen molar-refractivity contribution in [2.45, 2.75) is 31.2 Å². The number of likely N-dealkylation sites (tertiary alicyclic amines) is 1. The Morgan fingerprint density at radius 3 is 2.55 bits per heavy atom. The van der Waals surface area contributed by atoms with Crippen molar-refractivity contribution in [3.63, 3.8) is 0 Å². The zero-order valence-corrected chi connectivity index (χ0v) is 13.8. The summed E-state index contributed by atoms with van der Waals surface area (Å²) in [6, 6.07) is 8.21.